The Morgan fingerprint density at radius 1 is 1.20 bits per heavy atom. The van der Waals surface area contributed by atoms with E-state index in [-0.39, 0.29) is 12.5 Å². The van der Waals surface area contributed by atoms with Crippen molar-refractivity contribution in [3.8, 4) is 0 Å². The smallest absolute Gasteiger partial charge is 0.247 e. The molecular weight excluding hydrogens is 385 g/mol. The van der Waals surface area contributed by atoms with E-state index in [1.165, 1.54) is 0 Å². The molecule has 0 spiro atoms. The zero-order chi connectivity index (χ0) is 18.0. The van der Waals surface area contributed by atoms with Crippen LogP contribution >= 0.6 is 34.8 Å². The third-order valence-electron chi connectivity index (χ3n) is 3.54. The number of aromatic nitrogens is 4. The number of benzene rings is 1. The van der Waals surface area contributed by atoms with Crippen molar-refractivity contribution in [3.63, 3.8) is 0 Å². The van der Waals surface area contributed by atoms with Crippen molar-refractivity contribution in [1.29, 1.82) is 0 Å². The van der Waals surface area contributed by atoms with Gasteiger partial charge in [0.1, 0.15) is 11.6 Å². The molecule has 0 aliphatic rings. The molecule has 0 bridgehead atoms. The molecule has 0 saturated carbocycles. The fourth-order valence-electron chi connectivity index (χ4n) is 2.26. The minimum absolute atomic E-state index is 0.0883. The summed E-state index contributed by atoms with van der Waals surface area (Å²) in [5.74, 6) is 0.0324. The van der Waals surface area contributed by atoms with Crippen molar-refractivity contribution in [2.24, 2.45) is 0 Å². The predicted molar refractivity (Wildman–Crippen MR) is 98.4 cm³/mol. The van der Waals surface area contributed by atoms with Crippen molar-refractivity contribution >= 4 is 46.5 Å². The number of hydrogen-bond acceptors (Lipinski definition) is 3. The number of rotatable bonds is 5. The lowest BCUT2D eigenvalue weighted by Crippen LogP contribution is -2.20. The van der Waals surface area contributed by atoms with Crippen LogP contribution in [0.2, 0.25) is 15.1 Å². The van der Waals surface area contributed by atoms with Gasteiger partial charge in [-0.1, -0.05) is 40.9 Å². The van der Waals surface area contributed by atoms with Gasteiger partial charge in [-0.2, -0.15) is 10.2 Å². The number of amides is 1. The number of anilines is 1. The van der Waals surface area contributed by atoms with E-state index in [0.29, 0.717) is 27.4 Å². The van der Waals surface area contributed by atoms with Gasteiger partial charge in [0.25, 0.3) is 0 Å². The first-order chi connectivity index (χ1) is 11.9. The first-order valence-electron chi connectivity index (χ1n) is 7.37. The standard InChI is InChI=1S/C16H14Cl3N5O/c1-10-4-5-20-24(10)9-15(25)21-16-14(19)8-23(22-16)7-11-2-3-12(17)6-13(11)18/h2-6,8H,7,9H2,1H3,(H,21,22,25). The fraction of sp³-hybridized carbons (Fsp3) is 0.188. The van der Waals surface area contributed by atoms with E-state index in [9.17, 15) is 4.79 Å². The fourth-order valence-corrected chi connectivity index (χ4v) is 2.93. The molecule has 130 valence electrons. The second-order valence-electron chi connectivity index (χ2n) is 5.44. The van der Waals surface area contributed by atoms with Gasteiger partial charge in [0.05, 0.1) is 6.54 Å². The number of hydrogen-bond donors (Lipinski definition) is 1. The zero-order valence-electron chi connectivity index (χ0n) is 13.2. The molecule has 3 rings (SSSR count). The van der Waals surface area contributed by atoms with Gasteiger partial charge in [-0.25, -0.2) is 0 Å². The summed E-state index contributed by atoms with van der Waals surface area (Å²) >= 11 is 18.2. The van der Waals surface area contributed by atoms with Crippen LogP contribution < -0.4 is 5.32 Å². The van der Waals surface area contributed by atoms with Crippen molar-refractivity contribution < 1.29 is 4.79 Å². The molecule has 0 fully saturated rings. The average molecular weight is 399 g/mol. The molecule has 2 aromatic heterocycles. The second kappa shape index (κ2) is 7.47. The Hall–Kier alpha value is -2.02. The normalized spacial score (nSPS) is 10.9. The lowest BCUT2D eigenvalue weighted by atomic mass is 10.2. The summed E-state index contributed by atoms with van der Waals surface area (Å²) < 4.78 is 3.19. The first-order valence-corrected chi connectivity index (χ1v) is 8.51. The summed E-state index contributed by atoms with van der Waals surface area (Å²) in [4.78, 5) is 12.1. The Morgan fingerprint density at radius 2 is 2.00 bits per heavy atom. The molecule has 1 amide bonds. The topological polar surface area (TPSA) is 64.7 Å². The van der Waals surface area contributed by atoms with Gasteiger partial charge in [0.15, 0.2) is 5.82 Å². The highest BCUT2D eigenvalue weighted by molar-refractivity contribution is 6.35. The lowest BCUT2D eigenvalue weighted by molar-refractivity contribution is -0.117. The van der Waals surface area contributed by atoms with E-state index in [1.807, 2.05) is 19.1 Å². The molecule has 0 aliphatic heterocycles. The highest BCUT2D eigenvalue weighted by Gasteiger charge is 2.13. The zero-order valence-corrected chi connectivity index (χ0v) is 15.5. The van der Waals surface area contributed by atoms with E-state index >= 15 is 0 Å². The first kappa shape index (κ1) is 17.8. The van der Waals surface area contributed by atoms with Crippen LogP contribution in [0.1, 0.15) is 11.3 Å². The van der Waals surface area contributed by atoms with E-state index in [1.54, 1.807) is 33.9 Å². The highest BCUT2D eigenvalue weighted by Crippen LogP contribution is 2.24. The number of carbonyl (C=O) groups is 1. The Bertz CT molecular complexity index is 918. The van der Waals surface area contributed by atoms with E-state index in [2.05, 4.69) is 15.5 Å². The Labute approximate surface area is 159 Å². The minimum atomic E-state index is -0.261. The van der Waals surface area contributed by atoms with Crippen molar-refractivity contribution in [2.45, 2.75) is 20.0 Å². The van der Waals surface area contributed by atoms with Gasteiger partial charge in [0, 0.05) is 28.1 Å². The SMILES string of the molecule is Cc1ccnn1CC(=O)Nc1nn(Cc2ccc(Cl)cc2Cl)cc1Cl. The maximum absolute atomic E-state index is 12.1. The quantitative estimate of drug-likeness (QED) is 0.705. The van der Waals surface area contributed by atoms with Crippen LogP contribution in [0, 0.1) is 6.92 Å². The number of carbonyl (C=O) groups excluding carboxylic acids is 1. The lowest BCUT2D eigenvalue weighted by Gasteiger charge is -2.06. The molecule has 2 heterocycles. The molecule has 25 heavy (non-hydrogen) atoms. The van der Waals surface area contributed by atoms with Crippen LogP contribution in [0.15, 0.2) is 36.7 Å². The van der Waals surface area contributed by atoms with Gasteiger partial charge in [-0.15, -0.1) is 0 Å². The Kier molecular flexibility index (Phi) is 5.32. The van der Waals surface area contributed by atoms with Crippen LogP contribution in [0.3, 0.4) is 0 Å². The second-order valence-corrected chi connectivity index (χ2v) is 6.69. The molecule has 9 heteroatoms. The van der Waals surface area contributed by atoms with Crippen LogP contribution in [0.5, 0.6) is 0 Å². The molecule has 1 aromatic carbocycles. The summed E-state index contributed by atoms with van der Waals surface area (Å²) in [5.41, 5.74) is 1.74. The van der Waals surface area contributed by atoms with E-state index in [0.717, 1.165) is 11.3 Å². The van der Waals surface area contributed by atoms with Crippen molar-refractivity contribution in [3.05, 3.63) is 63.0 Å². The van der Waals surface area contributed by atoms with Crippen molar-refractivity contribution in [2.75, 3.05) is 5.32 Å². The highest BCUT2D eigenvalue weighted by atomic mass is 35.5. The van der Waals surface area contributed by atoms with E-state index < -0.39 is 0 Å². The summed E-state index contributed by atoms with van der Waals surface area (Å²) in [7, 11) is 0. The van der Waals surface area contributed by atoms with Crippen molar-refractivity contribution in [1.82, 2.24) is 19.6 Å². The van der Waals surface area contributed by atoms with Crippen LogP contribution in [0.4, 0.5) is 5.82 Å². The molecule has 3 aromatic rings. The van der Waals surface area contributed by atoms with Gasteiger partial charge in [-0.05, 0) is 30.7 Å². The van der Waals surface area contributed by atoms with E-state index in [4.69, 9.17) is 34.8 Å². The monoisotopic (exact) mass is 397 g/mol. The summed E-state index contributed by atoms with van der Waals surface area (Å²) in [6, 6.07) is 7.06. The summed E-state index contributed by atoms with van der Waals surface area (Å²) in [6.45, 7) is 2.37. The molecule has 0 unspecified atom stereocenters. The van der Waals surface area contributed by atoms with Gasteiger partial charge in [0.2, 0.25) is 5.91 Å². The van der Waals surface area contributed by atoms with Crippen LogP contribution in [0.25, 0.3) is 0 Å². The van der Waals surface area contributed by atoms with Gasteiger partial charge in [-0.3, -0.25) is 14.2 Å². The molecule has 0 radical (unpaired) electrons. The van der Waals surface area contributed by atoms with Crippen LogP contribution in [-0.4, -0.2) is 25.5 Å². The molecule has 6 nitrogen and oxygen atoms in total. The molecular formula is C16H14Cl3N5O. The Balaban J connectivity index is 1.69. The molecule has 0 aliphatic carbocycles. The third kappa shape index (κ3) is 4.34. The third-order valence-corrected chi connectivity index (χ3v) is 4.41. The summed E-state index contributed by atoms with van der Waals surface area (Å²) in [5, 5.41) is 12.5. The average Bonchev–Trinajstić information content (AvgIpc) is 3.09. The molecule has 1 N–H and O–H groups in total. The number of nitrogens with one attached hydrogen (secondary N) is 1. The van der Waals surface area contributed by atoms with Gasteiger partial charge >= 0.3 is 0 Å². The minimum Gasteiger partial charge on any atom is -0.306 e. The van der Waals surface area contributed by atoms with Crippen LogP contribution in [-0.2, 0) is 17.9 Å². The number of halogens is 3. The Morgan fingerprint density at radius 3 is 2.68 bits per heavy atom. The maximum atomic E-state index is 12.1. The molecule has 0 saturated heterocycles. The maximum Gasteiger partial charge on any atom is 0.247 e. The predicted octanol–water partition coefficient (Wildman–Crippen LogP) is 4.04. The summed E-state index contributed by atoms with van der Waals surface area (Å²) in [6.07, 6.45) is 3.27. The van der Waals surface area contributed by atoms with Gasteiger partial charge < -0.3 is 5.32 Å². The largest absolute Gasteiger partial charge is 0.306 e. The number of aryl methyl sites for hydroxylation is 1. The number of nitrogens with zero attached hydrogens (tertiary/aromatic N) is 4. The molecule has 0 atom stereocenters.